The van der Waals surface area contributed by atoms with Crippen molar-refractivity contribution in [2.24, 2.45) is 5.73 Å². The predicted octanol–water partition coefficient (Wildman–Crippen LogP) is 1.19. The summed E-state index contributed by atoms with van der Waals surface area (Å²) in [4.78, 5) is 14.4. The van der Waals surface area contributed by atoms with Gasteiger partial charge in [-0.2, -0.15) is 13.2 Å². The summed E-state index contributed by atoms with van der Waals surface area (Å²) in [6, 6.07) is 1.65. The fourth-order valence-corrected chi connectivity index (χ4v) is 1.29. The molecule has 0 atom stereocenters. The van der Waals surface area contributed by atoms with Crippen molar-refractivity contribution in [1.82, 2.24) is 10.3 Å². The van der Waals surface area contributed by atoms with E-state index in [-0.39, 0.29) is 12.2 Å². The Morgan fingerprint density at radius 1 is 1.47 bits per heavy atom. The van der Waals surface area contributed by atoms with Crippen molar-refractivity contribution >= 4 is 5.91 Å². The molecule has 0 radical (unpaired) electrons. The van der Waals surface area contributed by atoms with E-state index in [1.165, 1.54) is 0 Å². The van der Waals surface area contributed by atoms with Gasteiger partial charge >= 0.3 is 6.18 Å². The Morgan fingerprint density at radius 2 is 2.16 bits per heavy atom. The van der Waals surface area contributed by atoms with Gasteiger partial charge in [-0.1, -0.05) is 6.92 Å². The molecule has 5 nitrogen and oxygen atoms in total. The lowest BCUT2D eigenvalue weighted by atomic mass is 10.2. The lowest BCUT2D eigenvalue weighted by molar-refractivity contribution is -0.141. The maximum Gasteiger partial charge on any atom is 0.433 e. The van der Waals surface area contributed by atoms with Gasteiger partial charge in [-0.05, 0) is 18.7 Å². The van der Waals surface area contributed by atoms with E-state index in [0.717, 1.165) is 6.07 Å². The largest absolute Gasteiger partial charge is 0.476 e. The van der Waals surface area contributed by atoms with Crippen molar-refractivity contribution in [3.63, 3.8) is 0 Å². The molecule has 0 unspecified atom stereocenters. The normalized spacial score (nSPS) is 11.4. The van der Waals surface area contributed by atoms with Gasteiger partial charge in [0.1, 0.15) is 17.9 Å². The highest BCUT2D eigenvalue weighted by molar-refractivity contribution is 5.95. The lowest BCUT2D eigenvalue weighted by Crippen LogP contribution is -2.22. The maximum atomic E-state index is 12.5. The van der Waals surface area contributed by atoms with Gasteiger partial charge in [0.05, 0.1) is 0 Å². The monoisotopic (exact) mass is 277 g/mol. The van der Waals surface area contributed by atoms with Crippen LogP contribution >= 0.6 is 0 Å². The van der Waals surface area contributed by atoms with Crippen LogP contribution in [0.15, 0.2) is 12.1 Å². The number of carbonyl (C=O) groups excluding carboxylic acids is 1. The zero-order valence-corrected chi connectivity index (χ0v) is 10.3. The topological polar surface area (TPSA) is 77.2 Å². The zero-order valence-electron chi connectivity index (χ0n) is 10.3. The van der Waals surface area contributed by atoms with Gasteiger partial charge in [0.25, 0.3) is 5.91 Å². The van der Waals surface area contributed by atoms with Gasteiger partial charge in [-0.3, -0.25) is 4.79 Å². The van der Waals surface area contributed by atoms with Crippen LogP contribution in [0.5, 0.6) is 5.88 Å². The fraction of sp³-hybridized carbons (Fsp3) is 0.455. The predicted molar refractivity (Wildman–Crippen MR) is 61.8 cm³/mol. The van der Waals surface area contributed by atoms with Gasteiger partial charge in [0.15, 0.2) is 0 Å². The van der Waals surface area contributed by atoms with E-state index in [1.807, 2.05) is 6.92 Å². The van der Waals surface area contributed by atoms with Crippen LogP contribution in [-0.4, -0.2) is 30.6 Å². The van der Waals surface area contributed by atoms with Crippen LogP contribution in [0, 0.1) is 0 Å². The highest BCUT2D eigenvalue weighted by Crippen LogP contribution is 2.30. The molecule has 0 aliphatic carbocycles. The third-order valence-corrected chi connectivity index (χ3v) is 2.18. The molecule has 1 aromatic rings. The number of likely N-dealkylation sites (N-methyl/N-ethyl adjacent to an activating group) is 1. The summed E-state index contributed by atoms with van der Waals surface area (Å²) in [7, 11) is 0. The molecule has 0 saturated carbocycles. The molecule has 106 valence electrons. The molecule has 0 bridgehead atoms. The molecular weight excluding hydrogens is 263 g/mol. The van der Waals surface area contributed by atoms with Crippen molar-refractivity contribution in [3.05, 3.63) is 23.4 Å². The van der Waals surface area contributed by atoms with E-state index in [4.69, 9.17) is 10.5 Å². The molecule has 1 rings (SSSR count). The van der Waals surface area contributed by atoms with E-state index in [0.29, 0.717) is 19.2 Å². The van der Waals surface area contributed by atoms with E-state index in [9.17, 15) is 18.0 Å². The Bertz CT molecular complexity index is 449. The van der Waals surface area contributed by atoms with Crippen LogP contribution in [0.2, 0.25) is 0 Å². The number of carbonyl (C=O) groups is 1. The maximum absolute atomic E-state index is 12.5. The molecule has 0 aliphatic heterocycles. The number of primary amides is 1. The summed E-state index contributed by atoms with van der Waals surface area (Å²) >= 11 is 0. The Morgan fingerprint density at radius 3 is 2.68 bits per heavy atom. The van der Waals surface area contributed by atoms with Crippen LogP contribution in [0.25, 0.3) is 0 Å². The number of ether oxygens (including phenoxy) is 1. The molecule has 1 amide bonds. The molecule has 0 spiro atoms. The summed E-state index contributed by atoms with van der Waals surface area (Å²) in [5, 5.41) is 2.92. The number of nitrogens with two attached hydrogens (primary N) is 1. The number of alkyl halides is 3. The minimum atomic E-state index is -4.60. The van der Waals surface area contributed by atoms with Crippen molar-refractivity contribution in [2.45, 2.75) is 13.1 Å². The molecule has 0 saturated heterocycles. The third-order valence-electron chi connectivity index (χ3n) is 2.18. The summed E-state index contributed by atoms with van der Waals surface area (Å²) in [5.41, 5.74) is 3.74. The van der Waals surface area contributed by atoms with Crippen LogP contribution in [0.3, 0.4) is 0 Å². The number of hydrogen-bond donors (Lipinski definition) is 2. The number of hydrogen-bond acceptors (Lipinski definition) is 4. The zero-order chi connectivity index (χ0) is 14.5. The van der Waals surface area contributed by atoms with Gasteiger partial charge in [-0.15, -0.1) is 0 Å². The molecular formula is C11H14F3N3O2. The van der Waals surface area contributed by atoms with Crippen LogP contribution in [0.1, 0.15) is 23.0 Å². The van der Waals surface area contributed by atoms with Crippen molar-refractivity contribution < 1.29 is 22.7 Å². The van der Waals surface area contributed by atoms with Crippen molar-refractivity contribution in [1.29, 1.82) is 0 Å². The highest BCUT2D eigenvalue weighted by Gasteiger charge is 2.33. The van der Waals surface area contributed by atoms with Crippen molar-refractivity contribution in [3.8, 4) is 5.88 Å². The first kappa shape index (κ1) is 15.2. The third kappa shape index (κ3) is 4.40. The summed E-state index contributed by atoms with van der Waals surface area (Å²) in [6.45, 7) is 3.08. The molecule has 8 heteroatoms. The van der Waals surface area contributed by atoms with Gasteiger partial charge in [0, 0.05) is 6.54 Å². The summed E-state index contributed by atoms with van der Waals surface area (Å²) < 4.78 is 42.6. The van der Waals surface area contributed by atoms with E-state index in [1.54, 1.807) is 0 Å². The number of amides is 1. The van der Waals surface area contributed by atoms with E-state index >= 15 is 0 Å². The average molecular weight is 277 g/mol. The van der Waals surface area contributed by atoms with Crippen LogP contribution in [-0.2, 0) is 6.18 Å². The first-order chi connectivity index (χ1) is 8.86. The molecule has 1 aromatic heterocycles. The quantitative estimate of drug-likeness (QED) is 0.766. The van der Waals surface area contributed by atoms with Crippen LogP contribution < -0.4 is 15.8 Å². The molecule has 1 heterocycles. The number of aromatic nitrogens is 1. The minimum Gasteiger partial charge on any atom is -0.476 e. The second-order valence-electron chi connectivity index (χ2n) is 3.61. The van der Waals surface area contributed by atoms with E-state index in [2.05, 4.69) is 10.3 Å². The first-order valence-electron chi connectivity index (χ1n) is 5.57. The summed E-state index contributed by atoms with van der Waals surface area (Å²) in [6.07, 6.45) is -4.60. The molecule has 0 aliphatic rings. The molecule has 0 aromatic carbocycles. The van der Waals surface area contributed by atoms with Gasteiger partial charge in [0.2, 0.25) is 5.88 Å². The van der Waals surface area contributed by atoms with Gasteiger partial charge in [-0.25, -0.2) is 4.98 Å². The van der Waals surface area contributed by atoms with Gasteiger partial charge < -0.3 is 15.8 Å². The number of rotatable bonds is 6. The Hall–Kier alpha value is -1.83. The second-order valence-corrected chi connectivity index (χ2v) is 3.61. The fourth-order valence-electron chi connectivity index (χ4n) is 1.29. The first-order valence-corrected chi connectivity index (χ1v) is 5.57. The van der Waals surface area contributed by atoms with Crippen molar-refractivity contribution in [2.75, 3.05) is 19.7 Å². The number of pyridine rings is 1. The lowest BCUT2D eigenvalue weighted by Gasteiger charge is -2.12. The Labute approximate surface area is 108 Å². The number of halogens is 3. The SMILES string of the molecule is CCNCCOc1nc(C(F)(F)F)ccc1C(N)=O. The average Bonchev–Trinajstić information content (AvgIpc) is 2.33. The van der Waals surface area contributed by atoms with E-state index < -0.39 is 23.7 Å². The Kier molecular flexibility index (Phi) is 5.11. The summed E-state index contributed by atoms with van der Waals surface area (Å²) in [5.74, 6) is -1.29. The molecule has 3 N–H and O–H groups in total. The Balaban J connectivity index is 2.93. The number of nitrogens with zero attached hydrogens (tertiary/aromatic N) is 1. The molecule has 0 fully saturated rings. The number of nitrogens with one attached hydrogen (secondary N) is 1. The second kappa shape index (κ2) is 6.37. The minimum absolute atomic E-state index is 0.0857. The standard InChI is InChI=1S/C11H14F3N3O2/c1-2-16-5-6-19-10-7(9(15)18)3-4-8(17-10)11(12,13)14/h3-4,16H,2,5-6H2,1H3,(H2,15,18). The highest BCUT2D eigenvalue weighted by atomic mass is 19.4. The smallest absolute Gasteiger partial charge is 0.433 e. The van der Waals surface area contributed by atoms with Crippen LogP contribution in [0.4, 0.5) is 13.2 Å². The molecule has 19 heavy (non-hydrogen) atoms.